The minimum atomic E-state index is -4.47. The molecule has 0 fully saturated rings. The van der Waals surface area contributed by atoms with Crippen molar-refractivity contribution in [2.45, 2.75) is 12.7 Å². The number of aromatic nitrogens is 2. The molecule has 0 atom stereocenters. The Hall–Kier alpha value is -2.68. The summed E-state index contributed by atoms with van der Waals surface area (Å²) in [5, 5.41) is 4.22. The summed E-state index contributed by atoms with van der Waals surface area (Å²) in [5.41, 5.74) is 4.97. The van der Waals surface area contributed by atoms with Crippen molar-refractivity contribution >= 4 is 18.0 Å². The van der Waals surface area contributed by atoms with Crippen LogP contribution in [-0.4, -0.2) is 28.6 Å². The predicted molar refractivity (Wildman–Crippen MR) is 84.9 cm³/mol. The summed E-state index contributed by atoms with van der Waals surface area (Å²) in [7, 11) is 1.79. The summed E-state index contributed by atoms with van der Waals surface area (Å²) < 4.78 is 41.0. The maximum Gasteiger partial charge on any atom is 0.416 e. The first-order valence-electron chi connectivity index (χ1n) is 7.14. The Morgan fingerprint density at radius 2 is 2.04 bits per heavy atom. The molecule has 126 valence electrons. The van der Waals surface area contributed by atoms with Crippen LogP contribution in [0, 0.1) is 0 Å². The van der Waals surface area contributed by atoms with Crippen molar-refractivity contribution in [3.05, 3.63) is 47.2 Å². The van der Waals surface area contributed by atoms with Crippen LogP contribution in [0.4, 0.5) is 19.0 Å². The van der Waals surface area contributed by atoms with Crippen LogP contribution in [0.5, 0.6) is 0 Å². The molecule has 2 N–H and O–H groups in total. The fraction of sp³-hybridized carbons (Fsp3) is 0.267. The number of hydrogen-bond acceptors (Lipinski definition) is 5. The number of aliphatic imine (C=N–C) groups is 2. The van der Waals surface area contributed by atoms with Gasteiger partial charge in [0.25, 0.3) is 0 Å². The van der Waals surface area contributed by atoms with Crippen LogP contribution in [0.2, 0.25) is 0 Å². The van der Waals surface area contributed by atoms with Crippen molar-refractivity contribution in [2.75, 3.05) is 11.6 Å². The van der Waals surface area contributed by atoms with E-state index in [4.69, 9.17) is 5.73 Å². The number of aryl methyl sites for hydroxylation is 1. The average molecular weight is 336 g/mol. The molecule has 1 aliphatic rings. The van der Waals surface area contributed by atoms with Crippen molar-refractivity contribution in [2.24, 2.45) is 22.8 Å². The Balaban J connectivity index is 1.86. The van der Waals surface area contributed by atoms with Gasteiger partial charge in [-0.3, -0.25) is 9.58 Å². The summed E-state index contributed by atoms with van der Waals surface area (Å²) in [5.74, 6) is 0.912. The Morgan fingerprint density at radius 1 is 1.25 bits per heavy atom. The fourth-order valence-electron chi connectivity index (χ4n) is 2.36. The number of halogens is 3. The lowest BCUT2D eigenvalue weighted by atomic mass is 10.0. The van der Waals surface area contributed by atoms with E-state index in [-0.39, 0.29) is 24.6 Å². The van der Waals surface area contributed by atoms with Crippen molar-refractivity contribution < 1.29 is 13.2 Å². The van der Waals surface area contributed by atoms with Crippen molar-refractivity contribution in [3.8, 4) is 0 Å². The highest BCUT2D eigenvalue weighted by Gasteiger charge is 2.33. The van der Waals surface area contributed by atoms with Crippen LogP contribution in [0.3, 0.4) is 0 Å². The predicted octanol–water partition coefficient (Wildman–Crippen LogP) is 2.15. The lowest BCUT2D eigenvalue weighted by Crippen LogP contribution is -2.27. The third-order valence-corrected chi connectivity index (χ3v) is 3.58. The zero-order chi connectivity index (χ0) is 17.3. The number of anilines is 1. The summed E-state index contributed by atoms with van der Waals surface area (Å²) in [6.45, 7) is 0.0498. The summed E-state index contributed by atoms with van der Waals surface area (Å²) in [6, 6.07) is 5.74. The van der Waals surface area contributed by atoms with E-state index in [9.17, 15) is 13.2 Å². The molecule has 24 heavy (non-hydrogen) atoms. The number of nitrogens with two attached hydrogens (primary N) is 1. The molecule has 3 rings (SSSR count). The maximum absolute atomic E-state index is 13.1. The van der Waals surface area contributed by atoms with E-state index in [1.54, 1.807) is 35.0 Å². The summed E-state index contributed by atoms with van der Waals surface area (Å²) in [4.78, 5) is 10.1. The minimum absolute atomic E-state index is 0.0433. The Morgan fingerprint density at radius 3 is 2.58 bits per heavy atom. The first kappa shape index (κ1) is 16.2. The molecule has 1 aliphatic heterocycles. The van der Waals surface area contributed by atoms with Crippen LogP contribution in [0.15, 0.2) is 40.4 Å². The molecule has 0 unspecified atom stereocenters. The number of hydrogen-bond donors (Lipinski definition) is 1. The zero-order valence-corrected chi connectivity index (χ0v) is 12.8. The summed E-state index contributed by atoms with van der Waals surface area (Å²) >= 11 is 0. The third-order valence-electron chi connectivity index (χ3n) is 3.58. The molecular formula is C15H15F3N6. The maximum atomic E-state index is 13.1. The van der Waals surface area contributed by atoms with E-state index in [0.717, 1.165) is 6.07 Å². The third kappa shape index (κ3) is 3.16. The standard InChI is InChI=1S/C15H15F3N6/c1-23-5-4-13(22-23)24-8-20-14(21-9-24)10-2-3-11(7-19)12(6-10)15(16,17)18/h2-6,8H,7,9,19H2,1H3. The second-order valence-corrected chi connectivity index (χ2v) is 5.26. The van der Waals surface area contributed by atoms with Crippen LogP contribution in [0.25, 0.3) is 0 Å². The molecule has 2 heterocycles. The van der Waals surface area contributed by atoms with Crippen LogP contribution >= 0.6 is 0 Å². The van der Waals surface area contributed by atoms with Gasteiger partial charge in [0, 0.05) is 31.4 Å². The van der Waals surface area contributed by atoms with E-state index >= 15 is 0 Å². The molecule has 0 spiro atoms. The monoisotopic (exact) mass is 336 g/mol. The molecule has 1 aromatic carbocycles. The number of rotatable bonds is 3. The van der Waals surface area contributed by atoms with E-state index in [1.807, 2.05) is 0 Å². The molecule has 1 aromatic heterocycles. The quantitative estimate of drug-likeness (QED) is 0.933. The molecule has 6 nitrogen and oxygen atoms in total. The van der Waals surface area contributed by atoms with Gasteiger partial charge in [-0.25, -0.2) is 9.98 Å². The highest BCUT2D eigenvalue weighted by molar-refractivity contribution is 6.06. The SMILES string of the molecule is Cn1ccc(N2C=NC(c3ccc(CN)c(C(F)(F)F)c3)=NC2)n1. The second kappa shape index (κ2) is 6.08. The van der Waals surface area contributed by atoms with Gasteiger partial charge in [-0.2, -0.15) is 18.3 Å². The average Bonchev–Trinajstić information content (AvgIpc) is 3.00. The second-order valence-electron chi connectivity index (χ2n) is 5.26. The van der Waals surface area contributed by atoms with Crippen molar-refractivity contribution in [1.82, 2.24) is 9.78 Å². The molecule has 0 bridgehead atoms. The molecule has 0 amide bonds. The van der Waals surface area contributed by atoms with Crippen LogP contribution in [0.1, 0.15) is 16.7 Å². The normalized spacial score (nSPS) is 14.9. The van der Waals surface area contributed by atoms with Crippen molar-refractivity contribution in [1.29, 1.82) is 0 Å². The van der Waals surface area contributed by atoms with Gasteiger partial charge in [0.2, 0.25) is 0 Å². The number of alkyl halides is 3. The number of amidine groups is 1. The Kier molecular flexibility index (Phi) is 4.10. The van der Waals surface area contributed by atoms with Gasteiger partial charge in [0.15, 0.2) is 11.7 Å². The molecule has 9 heteroatoms. The smallest absolute Gasteiger partial charge is 0.326 e. The van der Waals surface area contributed by atoms with E-state index in [1.165, 1.54) is 12.4 Å². The Labute approximate surface area is 136 Å². The zero-order valence-electron chi connectivity index (χ0n) is 12.8. The number of benzene rings is 1. The van der Waals surface area contributed by atoms with E-state index < -0.39 is 11.7 Å². The Bertz CT molecular complexity index is 806. The highest BCUT2D eigenvalue weighted by Crippen LogP contribution is 2.33. The van der Waals surface area contributed by atoms with Crippen LogP contribution < -0.4 is 10.6 Å². The first-order valence-corrected chi connectivity index (χ1v) is 7.14. The van der Waals surface area contributed by atoms with Gasteiger partial charge in [-0.15, -0.1) is 0 Å². The molecule has 0 radical (unpaired) electrons. The molecule has 0 aliphatic carbocycles. The van der Waals surface area contributed by atoms with Gasteiger partial charge < -0.3 is 5.73 Å². The minimum Gasteiger partial charge on any atom is -0.326 e. The molecule has 2 aromatic rings. The van der Waals surface area contributed by atoms with Gasteiger partial charge in [-0.05, 0) is 11.6 Å². The lowest BCUT2D eigenvalue weighted by molar-refractivity contribution is -0.138. The van der Waals surface area contributed by atoms with Gasteiger partial charge in [0.05, 0.1) is 5.56 Å². The van der Waals surface area contributed by atoms with Crippen molar-refractivity contribution in [3.63, 3.8) is 0 Å². The highest BCUT2D eigenvalue weighted by atomic mass is 19.4. The molecule has 0 saturated heterocycles. The van der Waals surface area contributed by atoms with E-state index in [2.05, 4.69) is 15.1 Å². The van der Waals surface area contributed by atoms with E-state index in [0.29, 0.717) is 11.4 Å². The summed E-state index contributed by atoms with van der Waals surface area (Å²) in [6.07, 6.45) is -1.18. The lowest BCUT2D eigenvalue weighted by Gasteiger charge is -2.19. The van der Waals surface area contributed by atoms with Crippen LogP contribution in [-0.2, 0) is 19.8 Å². The number of nitrogens with zero attached hydrogens (tertiary/aromatic N) is 5. The fourth-order valence-corrected chi connectivity index (χ4v) is 2.36. The van der Waals surface area contributed by atoms with Gasteiger partial charge >= 0.3 is 6.18 Å². The van der Waals surface area contributed by atoms with Gasteiger partial charge in [0.1, 0.15) is 13.0 Å². The molecule has 0 saturated carbocycles. The topological polar surface area (TPSA) is 71.8 Å². The molecular weight excluding hydrogens is 321 g/mol. The first-order chi connectivity index (χ1) is 11.4. The largest absolute Gasteiger partial charge is 0.416 e. The van der Waals surface area contributed by atoms with Gasteiger partial charge in [-0.1, -0.05) is 12.1 Å².